The van der Waals surface area contributed by atoms with E-state index >= 15 is 0 Å². The third-order valence-corrected chi connectivity index (χ3v) is 3.25. The van der Waals surface area contributed by atoms with Crippen molar-refractivity contribution in [1.29, 1.82) is 0 Å². The van der Waals surface area contributed by atoms with Crippen LogP contribution in [-0.4, -0.2) is 16.0 Å². The second-order valence-corrected chi connectivity index (χ2v) is 5.19. The molecule has 3 aromatic rings. The van der Waals surface area contributed by atoms with Crippen molar-refractivity contribution in [2.24, 2.45) is 0 Å². The van der Waals surface area contributed by atoms with Crippen molar-refractivity contribution >= 4 is 28.9 Å². The molecule has 0 spiro atoms. The first-order chi connectivity index (χ1) is 11.7. The quantitative estimate of drug-likeness (QED) is 0.674. The molecule has 2 aromatic carbocycles. The molecule has 0 aliphatic carbocycles. The van der Waals surface area contributed by atoms with E-state index in [1.807, 2.05) is 67.6 Å². The highest BCUT2D eigenvalue weighted by atomic mass is 16.2. The van der Waals surface area contributed by atoms with Crippen LogP contribution in [0.4, 0.5) is 27.7 Å². The van der Waals surface area contributed by atoms with Crippen LogP contribution in [-0.2, 0) is 0 Å². The molecule has 0 radical (unpaired) electrons. The van der Waals surface area contributed by atoms with E-state index in [2.05, 4.69) is 25.9 Å². The molecule has 0 saturated heterocycles. The third kappa shape index (κ3) is 4.30. The Labute approximate surface area is 140 Å². The van der Waals surface area contributed by atoms with Gasteiger partial charge in [0.2, 0.25) is 0 Å². The largest absolute Gasteiger partial charge is 0.340 e. The summed E-state index contributed by atoms with van der Waals surface area (Å²) in [5, 5.41) is 8.74. The maximum absolute atomic E-state index is 11.9. The molecule has 0 fully saturated rings. The molecule has 0 aliphatic rings. The lowest BCUT2D eigenvalue weighted by atomic mass is 10.2. The van der Waals surface area contributed by atoms with Gasteiger partial charge in [0.05, 0.1) is 0 Å². The smallest absolute Gasteiger partial charge is 0.323 e. The number of carbonyl (C=O) groups excluding carboxylic acids is 1. The summed E-state index contributed by atoms with van der Waals surface area (Å²) in [6.45, 7) is 1.91. The molecule has 0 bridgehead atoms. The molecule has 0 unspecified atom stereocenters. The third-order valence-electron chi connectivity index (χ3n) is 3.25. The number of nitrogens with one attached hydrogen (secondary N) is 3. The van der Waals surface area contributed by atoms with Gasteiger partial charge < -0.3 is 16.0 Å². The highest BCUT2D eigenvalue weighted by Gasteiger charge is 2.03. The fraction of sp³-hybridized carbons (Fsp3) is 0.0556. The first-order valence-corrected chi connectivity index (χ1v) is 7.48. The molecular formula is C18H17N5O. The number of aromatic nitrogens is 2. The number of rotatable bonds is 4. The molecule has 2 amide bonds. The number of nitrogens with zero attached hydrogens (tertiary/aromatic N) is 2. The maximum Gasteiger partial charge on any atom is 0.323 e. The van der Waals surface area contributed by atoms with Crippen LogP contribution in [0.15, 0.2) is 67.0 Å². The van der Waals surface area contributed by atoms with Crippen molar-refractivity contribution in [2.75, 3.05) is 16.0 Å². The van der Waals surface area contributed by atoms with Gasteiger partial charge in [0.25, 0.3) is 0 Å². The zero-order valence-corrected chi connectivity index (χ0v) is 13.2. The van der Waals surface area contributed by atoms with Crippen LogP contribution in [0, 0.1) is 6.92 Å². The Bertz CT molecular complexity index is 818. The van der Waals surface area contributed by atoms with Gasteiger partial charge >= 0.3 is 6.03 Å². The lowest BCUT2D eigenvalue weighted by Crippen LogP contribution is -2.19. The van der Waals surface area contributed by atoms with Gasteiger partial charge in [0, 0.05) is 28.8 Å². The van der Waals surface area contributed by atoms with E-state index in [0.29, 0.717) is 5.69 Å². The van der Waals surface area contributed by atoms with Crippen molar-refractivity contribution < 1.29 is 4.79 Å². The normalized spacial score (nSPS) is 10.0. The number of hydrogen-bond donors (Lipinski definition) is 3. The van der Waals surface area contributed by atoms with E-state index < -0.39 is 0 Å². The van der Waals surface area contributed by atoms with E-state index in [0.717, 1.165) is 22.9 Å². The summed E-state index contributed by atoms with van der Waals surface area (Å²) in [4.78, 5) is 20.1. The van der Waals surface area contributed by atoms with E-state index in [-0.39, 0.29) is 6.03 Å². The van der Waals surface area contributed by atoms with Gasteiger partial charge in [-0.25, -0.2) is 14.8 Å². The van der Waals surface area contributed by atoms with Gasteiger partial charge in [-0.2, -0.15) is 0 Å². The summed E-state index contributed by atoms with van der Waals surface area (Å²) in [5.41, 5.74) is 3.21. The fourth-order valence-electron chi connectivity index (χ4n) is 2.12. The Kier molecular flexibility index (Phi) is 4.67. The molecule has 1 heterocycles. The monoisotopic (exact) mass is 319 g/mol. The maximum atomic E-state index is 11.9. The average Bonchev–Trinajstić information content (AvgIpc) is 2.57. The van der Waals surface area contributed by atoms with Gasteiger partial charge in [-0.1, -0.05) is 18.2 Å². The van der Waals surface area contributed by atoms with Crippen molar-refractivity contribution in [3.8, 4) is 0 Å². The lowest BCUT2D eigenvalue weighted by molar-refractivity contribution is 0.262. The topological polar surface area (TPSA) is 78.9 Å². The highest BCUT2D eigenvalue weighted by molar-refractivity contribution is 5.99. The number of carbonyl (C=O) groups is 1. The lowest BCUT2D eigenvalue weighted by Gasteiger charge is -2.09. The first kappa shape index (κ1) is 15.5. The van der Waals surface area contributed by atoms with Crippen molar-refractivity contribution in [3.63, 3.8) is 0 Å². The van der Waals surface area contributed by atoms with Crippen LogP contribution in [0.5, 0.6) is 0 Å². The summed E-state index contributed by atoms with van der Waals surface area (Å²) in [6, 6.07) is 18.2. The fourth-order valence-corrected chi connectivity index (χ4v) is 2.12. The van der Waals surface area contributed by atoms with E-state index in [1.54, 1.807) is 0 Å². The molecule has 0 saturated carbocycles. The Morgan fingerprint density at radius 1 is 0.833 bits per heavy atom. The molecule has 0 aliphatic heterocycles. The average molecular weight is 319 g/mol. The van der Waals surface area contributed by atoms with Gasteiger partial charge in [-0.15, -0.1) is 0 Å². The molecule has 3 rings (SSSR count). The summed E-state index contributed by atoms with van der Waals surface area (Å²) in [7, 11) is 0. The number of hydrogen-bond acceptors (Lipinski definition) is 4. The zero-order chi connectivity index (χ0) is 16.8. The molecule has 6 heteroatoms. The minimum atomic E-state index is -0.284. The molecule has 6 nitrogen and oxygen atoms in total. The highest BCUT2D eigenvalue weighted by Crippen LogP contribution is 2.18. The van der Waals surface area contributed by atoms with Crippen LogP contribution >= 0.6 is 0 Å². The number of anilines is 4. The number of aryl methyl sites for hydroxylation is 1. The molecule has 0 atom stereocenters. The predicted molar refractivity (Wildman–Crippen MR) is 95.6 cm³/mol. The van der Waals surface area contributed by atoms with Crippen molar-refractivity contribution in [2.45, 2.75) is 6.92 Å². The van der Waals surface area contributed by atoms with Crippen molar-refractivity contribution in [1.82, 2.24) is 9.97 Å². The molecule has 120 valence electrons. The number of amides is 2. The van der Waals surface area contributed by atoms with Crippen LogP contribution in [0.3, 0.4) is 0 Å². The Hall–Kier alpha value is -3.41. The first-order valence-electron chi connectivity index (χ1n) is 7.48. The van der Waals surface area contributed by atoms with Gasteiger partial charge in [-0.3, -0.25) is 0 Å². The van der Waals surface area contributed by atoms with Crippen LogP contribution in [0.2, 0.25) is 0 Å². The summed E-state index contributed by atoms with van der Waals surface area (Å²) >= 11 is 0. The Morgan fingerprint density at radius 2 is 1.46 bits per heavy atom. The SMILES string of the molecule is Cc1cc(Nc2ccc(NC(=O)Nc3ccccc3)cc2)ncn1. The number of urea groups is 1. The molecule has 3 N–H and O–H groups in total. The van der Waals surface area contributed by atoms with E-state index in [1.165, 1.54) is 6.33 Å². The Balaban J connectivity index is 1.59. The minimum absolute atomic E-state index is 0.284. The Morgan fingerprint density at radius 3 is 2.12 bits per heavy atom. The summed E-state index contributed by atoms with van der Waals surface area (Å²) in [6.07, 6.45) is 1.52. The molecule has 1 aromatic heterocycles. The van der Waals surface area contributed by atoms with Gasteiger partial charge in [0.15, 0.2) is 0 Å². The van der Waals surface area contributed by atoms with Crippen molar-refractivity contribution in [3.05, 3.63) is 72.7 Å². The molecular weight excluding hydrogens is 302 g/mol. The van der Waals surface area contributed by atoms with E-state index in [4.69, 9.17) is 0 Å². The summed E-state index contributed by atoms with van der Waals surface area (Å²) < 4.78 is 0. The van der Waals surface area contributed by atoms with E-state index in [9.17, 15) is 4.79 Å². The molecule has 24 heavy (non-hydrogen) atoms. The van der Waals surface area contributed by atoms with Gasteiger partial charge in [-0.05, 0) is 43.3 Å². The number of benzene rings is 2. The minimum Gasteiger partial charge on any atom is -0.340 e. The van der Waals surface area contributed by atoms with Crippen LogP contribution in [0.25, 0.3) is 0 Å². The predicted octanol–water partition coefficient (Wildman–Crippen LogP) is 4.17. The number of para-hydroxylation sites is 1. The van der Waals surface area contributed by atoms with Gasteiger partial charge in [0.1, 0.15) is 12.1 Å². The summed E-state index contributed by atoms with van der Waals surface area (Å²) in [5.74, 6) is 0.727. The second kappa shape index (κ2) is 7.23. The van der Waals surface area contributed by atoms with Crippen LogP contribution in [0.1, 0.15) is 5.69 Å². The standard InChI is InChI=1S/C18H17N5O/c1-13-11-17(20-12-19-13)21-15-7-9-16(10-8-15)23-18(24)22-14-5-3-2-4-6-14/h2-12H,1H3,(H,19,20,21)(H2,22,23,24). The van der Waals surface area contributed by atoms with Crippen LogP contribution < -0.4 is 16.0 Å². The zero-order valence-electron chi connectivity index (χ0n) is 13.2. The second-order valence-electron chi connectivity index (χ2n) is 5.19.